The minimum absolute atomic E-state index is 0.0127. The number of fused-ring (bicyclic) bond motifs is 1. The molecule has 10 atom stereocenters. The van der Waals surface area contributed by atoms with Crippen LogP contribution in [0.25, 0.3) is 22.1 Å². The number of phenolic OH excluding ortho intramolecular Hbond substituents is 1. The van der Waals surface area contributed by atoms with E-state index in [1.165, 1.54) is 38.3 Å². The Morgan fingerprint density at radius 2 is 1.23 bits per heavy atom. The molecule has 0 unspecified atom stereocenters. The van der Waals surface area contributed by atoms with Gasteiger partial charge in [0, 0.05) is 12.1 Å². The normalized spacial score (nSPS) is 34.5. The molecule has 40 heavy (non-hydrogen) atoms. The summed E-state index contributed by atoms with van der Waals surface area (Å²) in [6.45, 7) is 3.03. The van der Waals surface area contributed by atoms with Crippen molar-refractivity contribution in [2.75, 3.05) is 0 Å². The molecule has 0 amide bonds. The lowest BCUT2D eigenvalue weighted by molar-refractivity contribution is -0.268. The van der Waals surface area contributed by atoms with Gasteiger partial charge in [-0.2, -0.15) is 0 Å². The molecule has 2 fully saturated rings. The lowest BCUT2D eigenvalue weighted by atomic mass is 10.00. The second-order valence-electron chi connectivity index (χ2n) is 9.92. The molecule has 13 heteroatoms. The third-order valence-electron chi connectivity index (χ3n) is 7.12. The second-order valence-corrected chi connectivity index (χ2v) is 9.92. The van der Waals surface area contributed by atoms with Crippen LogP contribution in [0.1, 0.15) is 13.8 Å². The van der Waals surface area contributed by atoms with E-state index in [1.807, 2.05) is 0 Å². The van der Waals surface area contributed by atoms with Crippen molar-refractivity contribution in [2.24, 2.45) is 0 Å². The van der Waals surface area contributed by atoms with Crippen molar-refractivity contribution in [2.45, 2.75) is 75.3 Å². The van der Waals surface area contributed by atoms with E-state index >= 15 is 0 Å². The van der Waals surface area contributed by atoms with E-state index in [4.69, 9.17) is 23.4 Å². The number of hydrogen-bond acceptors (Lipinski definition) is 13. The van der Waals surface area contributed by atoms with Gasteiger partial charge in [-0.3, -0.25) is 4.79 Å². The summed E-state index contributed by atoms with van der Waals surface area (Å²) in [7, 11) is 0. The number of aliphatic hydroxyl groups excluding tert-OH is 6. The first-order valence-electron chi connectivity index (χ1n) is 12.6. The van der Waals surface area contributed by atoms with Gasteiger partial charge in [0.15, 0.2) is 0 Å². The van der Waals surface area contributed by atoms with Crippen LogP contribution in [0.4, 0.5) is 0 Å². The number of ether oxygens (including phenoxy) is 4. The zero-order valence-electron chi connectivity index (χ0n) is 21.4. The number of hydrogen-bond donors (Lipinski definition) is 7. The molecule has 5 rings (SSSR count). The summed E-state index contributed by atoms with van der Waals surface area (Å²) in [4.78, 5) is 13.3. The average molecular weight is 563 g/mol. The van der Waals surface area contributed by atoms with Crippen molar-refractivity contribution in [1.29, 1.82) is 0 Å². The van der Waals surface area contributed by atoms with Gasteiger partial charge < -0.3 is 59.1 Å². The fourth-order valence-corrected chi connectivity index (χ4v) is 4.68. The number of phenols is 1. The molecular weight excluding hydrogens is 532 g/mol. The van der Waals surface area contributed by atoms with Gasteiger partial charge in [0.1, 0.15) is 71.1 Å². The number of aromatic hydroxyl groups is 1. The zero-order valence-corrected chi connectivity index (χ0v) is 21.4. The van der Waals surface area contributed by atoms with E-state index in [1.54, 1.807) is 12.1 Å². The molecule has 0 bridgehead atoms. The molecule has 2 aliphatic rings. The summed E-state index contributed by atoms with van der Waals surface area (Å²) in [6.07, 6.45) is -11.6. The quantitative estimate of drug-likeness (QED) is 0.211. The fraction of sp³-hybridized carbons (Fsp3) is 0.444. The number of benzene rings is 2. The Morgan fingerprint density at radius 3 is 1.77 bits per heavy atom. The first kappa shape index (κ1) is 28.3. The summed E-state index contributed by atoms with van der Waals surface area (Å²) >= 11 is 0. The van der Waals surface area contributed by atoms with Crippen LogP contribution in [-0.2, 0) is 9.47 Å². The standard InChI is InChI=1S/C27H30O13/c1-10-19(29)22(32)24(34)26(37-10)39-13-5-3-12(4-6-13)15-9-36-17-8-14(7-16(28)18(17)21(15)31)40-27-25(35)23(33)20(30)11(2)38-27/h3-11,19-20,22-30,32-35H,1-2H3/t10-,11-,19+,20+,22+,23+,24+,25+,26-,27-/m0/s1. The van der Waals surface area contributed by atoms with E-state index < -0.39 is 72.6 Å². The van der Waals surface area contributed by atoms with Gasteiger partial charge in [0.25, 0.3) is 0 Å². The molecule has 2 aliphatic heterocycles. The fourth-order valence-electron chi connectivity index (χ4n) is 4.68. The molecule has 0 spiro atoms. The highest BCUT2D eigenvalue weighted by molar-refractivity contribution is 5.88. The van der Waals surface area contributed by atoms with Crippen LogP contribution in [0.5, 0.6) is 17.2 Å². The van der Waals surface area contributed by atoms with Gasteiger partial charge in [0.2, 0.25) is 18.0 Å². The molecule has 2 aromatic carbocycles. The summed E-state index contributed by atoms with van der Waals surface area (Å²) in [6, 6.07) is 8.58. The SMILES string of the molecule is C[C@@H]1O[C@@H](Oc2ccc(-c3coc4cc(O[C@@H]5O[C@@H](C)[C@@H](O)[C@@H](O)[C@H]5O)cc(O)c4c3=O)cc2)[C@H](O)[C@H](O)[C@@H]1O. The molecule has 0 radical (unpaired) electrons. The first-order chi connectivity index (χ1) is 19.0. The van der Waals surface area contributed by atoms with Crippen molar-refractivity contribution in [3.8, 4) is 28.4 Å². The van der Waals surface area contributed by atoms with Crippen LogP contribution in [0.15, 0.2) is 51.9 Å². The minimum Gasteiger partial charge on any atom is -0.507 e. The van der Waals surface area contributed by atoms with E-state index in [2.05, 4.69) is 0 Å². The van der Waals surface area contributed by atoms with Crippen molar-refractivity contribution < 1.29 is 59.1 Å². The Morgan fingerprint density at radius 1 is 0.700 bits per heavy atom. The van der Waals surface area contributed by atoms with Crippen molar-refractivity contribution in [3.63, 3.8) is 0 Å². The van der Waals surface area contributed by atoms with E-state index in [9.17, 15) is 40.5 Å². The monoisotopic (exact) mass is 562 g/mol. The lowest BCUT2D eigenvalue weighted by Gasteiger charge is -2.38. The molecule has 0 aliphatic carbocycles. The summed E-state index contributed by atoms with van der Waals surface area (Å²) in [5, 5.41) is 70.5. The Labute approximate surface area is 227 Å². The van der Waals surface area contributed by atoms with Crippen LogP contribution in [0.3, 0.4) is 0 Å². The first-order valence-corrected chi connectivity index (χ1v) is 12.6. The Kier molecular flexibility index (Phi) is 7.74. The predicted octanol–water partition coefficient (Wildman–Crippen LogP) is -0.422. The minimum atomic E-state index is -1.57. The van der Waals surface area contributed by atoms with E-state index in [-0.39, 0.29) is 28.0 Å². The Balaban J connectivity index is 1.35. The average Bonchev–Trinajstić information content (AvgIpc) is 2.93. The molecular formula is C27H30O13. The summed E-state index contributed by atoms with van der Waals surface area (Å²) in [5.74, 6) is -0.209. The Bertz CT molecular complexity index is 1410. The number of aliphatic hydroxyl groups is 6. The van der Waals surface area contributed by atoms with E-state index in [0.717, 1.165) is 6.07 Å². The molecule has 1 aromatic heterocycles. The maximum absolute atomic E-state index is 13.3. The highest BCUT2D eigenvalue weighted by Gasteiger charge is 2.44. The van der Waals surface area contributed by atoms with Crippen LogP contribution in [-0.4, -0.2) is 97.2 Å². The highest BCUT2D eigenvalue weighted by Crippen LogP contribution is 2.33. The van der Waals surface area contributed by atoms with Gasteiger partial charge in [0.05, 0.1) is 17.8 Å². The summed E-state index contributed by atoms with van der Waals surface area (Å²) in [5.41, 5.74) is -0.00368. The smallest absolute Gasteiger partial charge is 0.229 e. The highest BCUT2D eigenvalue weighted by atomic mass is 16.7. The second kappa shape index (κ2) is 11.0. The maximum atomic E-state index is 13.3. The third-order valence-corrected chi connectivity index (χ3v) is 7.12. The zero-order chi connectivity index (χ0) is 28.9. The third kappa shape index (κ3) is 5.13. The molecule has 2 saturated heterocycles. The van der Waals surface area contributed by atoms with Crippen LogP contribution in [0.2, 0.25) is 0 Å². The van der Waals surface area contributed by atoms with Gasteiger partial charge in [-0.1, -0.05) is 12.1 Å². The molecule has 3 heterocycles. The Hall–Kier alpha value is -3.27. The molecule has 0 saturated carbocycles. The summed E-state index contributed by atoms with van der Waals surface area (Å²) < 4.78 is 27.6. The maximum Gasteiger partial charge on any atom is 0.229 e. The van der Waals surface area contributed by atoms with Crippen LogP contribution in [0, 0.1) is 0 Å². The molecule has 216 valence electrons. The van der Waals surface area contributed by atoms with Gasteiger partial charge in [-0.25, -0.2) is 0 Å². The van der Waals surface area contributed by atoms with Gasteiger partial charge in [-0.15, -0.1) is 0 Å². The van der Waals surface area contributed by atoms with Crippen molar-refractivity contribution in [1.82, 2.24) is 0 Å². The topological polar surface area (TPSA) is 209 Å². The van der Waals surface area contributed by atoms with E-state index in [0.29, 0.717) is 5.56 Å². The number of rotatable bonds is 5. The van der Waals surface area contributed by atoms with Crippen LogP contribution < -0.4 is 14.9 Å². The van der Waals surface area contributed by atoms with Gasteiger partial charge in [-0.05, 0) is 31.5 Å². The lowest BCUT2D eigenvalue weighted by Crippen LogP contribution is -2.58. The molecule has 7 N–H and O–H groups in total. The van der Waals surface area contributed by atoms with Crippen LogP contribution >= 0.6 is 0 Å². The van der Waals surface area contributed by atoms with Crippen molar-refractivity contribution >= 4 is 11.0 Å². The molecule has 3 aromatic rings. The largest absolute Gasteiger partial charge is 0.507 e. The van der Waals surface area contributed by atoms with Crippen molar-refractivity contribution in [3.05, 3.63) is 52.9 Å². The predicted molar refractivity (Wildman–Crippen MR) is 136 cm³/mol. The molecule has 13 nitrogen and oxygen atoms in total. The van der Waals surface area contributed by atoms with Gasteiger partial charge >= 0.3 is 0 Å².